The number of hydrogen-bond acceptors (Lipinski definition) is 3. The van der Waals surface area contributed by atoms with E-state index in [4.69, 9.17) is 11.6 Å². The van der Waals surface area contributed by atoms with Gasteiger partial charge in [-0.05, 0) is 30.2 Å². The lowest BCUT2D eigenvalue weighted by atomic mass is 10.1. The zero-order chi connectivity index (χ0) is 15.9. The average molecular weight is 320 g/mol. The first-order valence-corrected chi connectivity index (χ1v) is 6.97. The van der Waals surface area contributed by atoms with Crippen molar-refractivity contribution in [2.75, 3.05) is 11.9 Å². The van der Waals surface area contributed by atoms with Gasteiger partial charge in [0.25, 0.3) is 5.69 Å². The molecule has 0 aromatic heterocycles. The standard InChI is InChI=1S/C15H14ClN3O3/c16-12-7-5-11(6-8-12)9-10-17-15(20)18-13-3-1-2-4-14(13)19(21)22/h1-8H,9-10H2,(H2,17,18,20). The Bertz CT molecular complexity index is 674. The van der Waals surface area contributed by atoms with Crippen molar-refractivity contribution in [2.24, 2.45) is 0 Å². The first-order valence-electron chi connectivity index (χ1n) is 6.59. The van der Waals surface area contributed by atoms with Crippen molar-refractivity contribution in [2.45, 2.75) is 6.42 Å². The molecule has 0 unspecified atom stereocenters. The fourth-order valence-corrected chi connectivity index (χ4v) is 2.00. The molecule has 0 saturated carbocycles. The van der Waals surface area contributed by atoms with Crippen LogP contribution in [0.15, 0.2) is 48.5 Å². The number of hydrogen-bond donors (Lipinski definition) is 2. The number of benzene rings is 2. The van der Waals surface area contributed by atoms with Crippen molar-refractivity contribution < 1.29 is 9.72 Å². The summed E-state index contributed by atoms with van der Waals surface area (Å²) < 4.78 is 0. The van der Waals surface area contributed by atoms with Crippen molar-refractivity contribution in [1.82, 2.24) is 5.32 Å². The lowest BCUT2D eigenvalue weighted by Gasteiger charge is -2.08. The number of nitro groups is 1. The van der Waals surface area contributed by atoms with Crippen molar-refractivity contribution in [1.29, 1.82) is 0 Å². The van der Waals surface area contributed by atoms with Crippen LogP contribution in [0.3, 0.4) is 0 Å². The second-order valence-electron chi connectivity index (χ2n) is 4.53. The highest BCUT2D eigenvalue weighted by molar-refractivity contribution is 6.30. The molecular formula is C15H14ClN3O3. The summed E-state index contributed by atoms with van der Waals surface area (Å²) in [6.45, 7) is 0.411. The van der Waals surface area contributed by atoms with Crippen LogP contribution in [0.2, 0.25) is 5.02 Å². The van der Waals surface area contributed by atoms with Gasteiger partial charge in [-0.15, -0.1) is 0 Å². The van der Waals surface area contributed by atoms with Gasteiger partial charge in [-0.25, -0.2) is 4.79 Å². The molecule has 0 aliphatic rings. The van der Waals surface area contributed by atoms with Gasteiger partial charge >= 0.3 is 6.03 Å². The van der Waals surface area contributed by atoms with E-state index in [1.807, 2.05) is 12.1 Å². The molecule has 0 aliphatic carbocycles. The number of amides is 2. The van der Waals surface area contributed by atoms with Crippen molar-refractivity contribution >= 4 is 29.0 Å². The third kappa shape index (κ3) is 4.46. The van der Waals surface area contributed by atoms with E-state index in [9.17, 15) is 14.9 Å². The van der Waals surface area contributed by atoms with Crippen LogP contribution in [-0.2, 0) is 6.42 Å². The Kier molecular flexibility index (Phi) is 5.32. The first-order chi connectivity index (χ1) is 10.6. The Morgan fingerprint density at radius 3 is 2.50 bits per heavy atom. The summed E-state index contributed by atoms with van der Waals surface area (Å²) in [5.41, 5.74) is 1.06. The van der Waals surface area contributed by atoms with Crippen LogP contribution in [0, 0.1) is 10.1 Å². The molecule has 2 amide bonds. The van der Waals surface area contributed by atoms with Crippen LogP contribution in [0.4, 0.5) is 16.2 Å². The SMILES string of the molecule is O=C(NCCc1ccc(Cl)cc1)Nc1ccccc1[N+](=O)[O-]. The number of rotatable bonds is 5. The van der Waals surface area contributed by atoms with Gasteiger partial charge in [0.05, 0.1) is 4.92 Å². The van der Waals surface area contributed by atoms with E-state index in [-0.39, 0.29) is 11.4 Å². The second kappa shape index (κ2) is 7.42. The number of halogens is 1. The summed E-state index contributed by atoms with van der Waals surface area (Å²) >= 11 is 5.79. The van der Waals surface area contributed by atoms with E-state index in [1.54, 1.807) is 24.3 Å². The van der Waals surface area contributed by atoms with Gasteiger partial charge in [0.2, 0.25) is 0 Å². The zero-order valence-corrected chi connectivity index (χ0v) is 12.3. The smallest absolute Gasteiger partial charge is 0.319 e. The maximum Gasteiger partial charge on any atom is 0.319 e. The zero-order valence-electron chi connectivity index (χ0n) is 11.6. The average Bonchev–Trinajstić information content (AvgIpc) is 2.49. The lowest BCUT2D eigenvalue weighted by Crippen LogP contribution is -2.30. The first kappa shape index (κ1) is 15.8. The van der Waals surface area contributed by atoms with E-state index in [1.165, 1.54) is 12.1 Å². The lowest BCUT2D eigenvalue weighted by molar-refractivity contribution is -0.383. The van der Waals surface area contributed by atoms with Crippen molar-refractivity contribution in [3.8, 4) is 0 Å². The minimum absolute atomic E-state index is 0.143. The fraction of sp³-hybridized carbons (Fsp3) is 0.133. The van der Waals surface area contributed by atoms with Gasteiger partial charge in [-0.1, -0.05) is 35.9 Å². The van der Waals surface area contributed by atoms with E-state index < -0.39 is 11.0 Å². The quantitative estimate of drug-likeness (QED) is 0.652. The van der Waals surface area contributed by atoms with Gasteiger partial charge in [0, 0.05) is 17.6 Å². The number of para-hydroxylation sites is 2. The molecule has 114 valence electrons. The molecule has 0 bridgehead atoms. The Labute approximate surface area is 132 Å². The molecule has 0 spiro atoms. The molecule has 0 saturated heterocycles. The van der Waals surface area contributed by atoms with E-state index in [0.29, 0.717) is 18.0 Å². The molecular weight excluding hydrogens is 306 g/mol. The molecule has 0 radical (unpaired) electrons. The molecule has 0 fully saturated rings. The predicted octanol–water partition coefficient (Wildman–Crippen LogP) is 3.61. The van der Waals surface area contributed by atoms with Crippen molar-refractivity contribution in [3.63, 3.8) is 0 Å². The number of carbonyl (C=O) groups is 1. The predicted molar refractivity (Wildman–Crippen MR) is 85.3 cm³/mol. The number of nitrogens with zero attached hydrogens (tertiary/aromatic N) is 1. The third-order valence-electron chi connectivity index (χ3n) is 2.96. The largest absolute Gasteiger partial charge is 0.338 e. The Morgan fingerprint density at radius 2 is 1.82 bits per heavy atom. The molecule has 0 atom stereocenters. The molecule has 2 aromatic rings. The van der Waals surface area contributed by atoms with Crippen LogP contribution >= 0.6 is 11.6 Å². The summed E-state index contributed by atoms with van der Waals surface area (Å²) in [6.07, 6.45) is 0.640. The molecule has 6 nitrogen and oxygen atoms in total. The molecule has 2 rings (SSSR count). The van der Waals surface area contributed by atoms with Crippen LogP contribution in [0.5, 0.6) is 0 Å². The molecule has 2 aromatic carbocycles. The summed E-state index contributed by atoms with van der Waals surface area (Å²) in [4.78, 5) is 22.1. The molecule has 2 N–H and O–H groups in total. The summed E-state index contributed by atoms with van der Waals surface area (Å²) in [5.74, 6) is 0. The van der Waals surface area contributed by atoms with Gasteiger partial charge in [-0.3, -0.25) is 10.1 Å². The van der Waals surface area contributed by atoms with Crippen LogP contribution in [0.1, 0.15) is 5.56 Å². The summed E-state index contributed by atoms with van der Waals surface area (Å²) in [6, 6.07) is 12.8. The van der Waals surface area contributed by atoms with Gasteiger partial charge in [0.15, 0.2) is 0 Å². The minimum Gasteiger partial charge on any atom is -0.338 e. The van der Waals surface area contributed by atoms with Crippen LogP contribution in [-0.4, -0.2) is 17.5 Å². The highest BCUT2D eigenvalue weighted by atomic mass is 35.5. The highest BCUT2D eigenvalue weighted by Gasteiger charge is 2.14. The number of nitrogens with one attached hydrogen (secondary N) is 2. The van der Waals surface area contributed by atoms with Crippen molar-refractivity contribution in [3.05, 3.63) is 69.2 Å². The van der Waals surface area contributed by atoms with Crippen LogP contribution in [0.25, 0.3) is 0 Å². The number of anilines is 1. The summed E-state index contributed by atoms with van der Waals surface area (Å²) in [5, 5.41) is 16.6. The Hall–Kier alpha value is -2.60. The normalized spacial score (nSPS) is 10.0. The summed E-state index contributed by atoms with van der Waals surface area (Å²) in [7, 11) is 0. The third-order valence-corrected chi connectivity index (χ3v) is 3.21. The number of nitro benzene ring substituents is 1. The van der Waals surface area contributed by atoms with E-state index in [2.05, 4.69) is 10.6 Å². The molecule has 0 aliphatic heterocycles. The van der Waals surface area contributed by atoms with Crippen LogP contribution < -0.4 is 10.6 Å². The Morgan fingerprint density at radius 1 is 1.14 bits per heavy atom. The van der Waals surface area contributed by atoms with Gasteiger partial charge in [0.1, 0.15) is 5.69 Å². The fourth-order valence-electron chi connectivity index (χ4n) is 1.88. The second-order valence-corrected chi connectivity index (χ2v) is 4.97. The molecule has 7 heteroatoms. The Balaban J connectivity index is 1.86. The minimum atomic E-state index is -0.538. The molecule has 0 heterocycles. The van der Waals surface area contributed by atoms with E-state index in [0.717, 1.165) is 5.56 Å². The highest BCUT2D eigenvalue weighted by Crippen LogP contribution is 2.22. The topological polar surface area (TPSA) is 84.3 Å². The van der Waals surface area contributed by atoms with Gasteiger partial charge in [-0.2, -0.15) is 0 Å². The number of urea groups is 1. The molecule has 22 heavy (non-hydrogen) atoms. The monoisotopic (exact) mass is 319 g/mol. The number of carbonyl (C=O) groups excluding carboxylic acids is 1. The maximum atomic E-state index is 11.8. The maximum absolute atomic E-state index is 11.8. The van der Waals surface area contributed by atoms with E-state index >= 15 is 0 Å². The van der Waals surface area contributed by atoms with Gasteiger partial charge < -0.3 is 10.6 Å².